The van der Waals surface area contributed by atoms with Gasteiger partial charge in [-0.2, -0.15) is 0 Å². The highest BCUT2D eigenvalue weighted by Gasteiger charge is 2.18. The molecule has 2 aromatic rings. The minimum absolute atomic E-state index is 0.258. The van der Waals surface area contributed by atoms with E-state index < -0.39 is 6.04 Å². The van der Waals surface area contributed by atoms with Crippen LogP contribution in [0.2, 0.25) is 5.02 Å². The number of benzene rings is 1. The Morgan fingerprint density at radius 1 is 1.39 bits per heavy atom. The van der Waals surface area contributed by atoms with Crippen molar-refractivity contribution in [2.45, 2.75) is 19.9 Å². The molecule has 7 heteroatoms. The third-order valence-electron chi connectivity index (χ3n) is 3.35. The zero-order valence-electron chi connectivity index (χ0n) is 12.9. The predicted octanol–water partition coefficient (Wildman–Crippen LogP) is 3.78. The van der Waals surface area contributed by atoms with Crippen molar-refractivity contribution in [3.05, 3.63) is 55.9 Å². The van der Waals surface area contributed by atoms with Crippen molar-refractivity contribution in [1.82, 2.24) is 4.57 Å². The summed E-state index contributed by atoms with van der Waals surface area (Å²) in [7, 11) is 1.52. The van der Waals surface area contributed by atoms with Gasteiger partial charge in [0.2, 0.25) is 5.91 Å². The summed E-state index contributed by atoms with van der Waals surface area (Å²) in [6, 6.07) is 5.99. The van der Waals surface area contributed by atoms with Crippen molar-refractivity contribution >= 4 is 39.1 Å². The number of pyridine rings is 1. The Morgan fingerprint density at radius 2 is 2.09 bits per heavy atom. The molecule has 1 heterocycles. The average Bonchev–Trinajstić information content (AvgIpc) is 2.50. The largest absolute Gasteiger partial charge is 0.495 e. The van der Waals surface area contributed by atoms with Crippen LogP contribution in [0.15, 0.2) is 39.7 Å². The first kappa shape index (κ1) is 17.6. The summed E-state index contributed by atoms with van der Waals surface area (Å²) < 4.78 is 6.88. The van der Waals surface area contributed by atoms with E-state index in [1.807, 2.05) is 6.92 Å². The molecule has 0 aliphatic heterocycles. The van der Waals surface area contributed by atoms with E-state index in [1.165, 1.54) is 11.7 Å². The molecule has 1 aromatic heterocycles. The highest BCUT2D eigenvalue weighted by Crippen LogP contribution is 2.27. The summed E-state index contributed by atoms with van der Waals surface area (Å²) in [4.78, 5) is 24.5. The number of carbonyl (C=O) groups is 1. The Balaban J connectivity index is 2.24. The van der Waals surface area contributed by atoms with Crippen molar-refractivity contribution in [2.75, 3.05) is 12.4 Å². The highest BCUT2D eigenvalue weighted by atomic mass is 79.9. The summed E-state index contributed by atoms with van der Waals surface area (Å²) in [6.07, 6.45) is 1.65. The molecule has 1 N–H and O–H groups in total. The zero-order valence-corrected chi connectivity index (χ0v) is 15.2. The number of hydrogen-bond acceptors (Lipinski definition) is 3. The number of carbonyl (C=O) groups excluding carboxylic acids is 1. The Bertz CT molecular complexity index is 804. The fraction of sp³-hybridized carbons (Fsp3) is 0.250. The monoisotopic (exact) mass is 398 g/mol. The van der Waals surface area contributed by atoms with E-state index in [-0.39, 0.29) is 11.5 Å². The van der Waals surface area contributed by atoms with Crippen molar-refractivity contribution in [2.24, 2.45) is 0 Å². The SMILES string of the molecule is COc1ccc(NC(=O)C(C)n2cc(C)cc(Br)c2=O)cc1Cl. The molecule has 0 aliphatic carbocycles. The normalized spacial score (nSPS) is 11.9. The van der Waals surface area contributed by atoms with Gasteiger partial charge < -0.3 is 14.6 Å². The Kier molecular flexibility index (Phi) is 5.49. The van der Waals surface area contributed by atoms with Crippen LogP contribution in [0.1, 0.15) is 18.5 Å². The summed E-state index contributed by atoms with van der Waals surface area (Å²) in [5.74, 6) is 0.211. The molecule has 1 amide bonds. The fourth-order valence-corrected chi connectivity index (χ4v) is 2.93. The van der Waals surface area contributed by atoms with Crippen molar-refractivity contribution in [3.8, 4) is 5.75 Å². The summed E-state index contributed by atoms with van der Waals surface area (Å²) >= 11 is 9.25. The second-order valence-electron chi connectivity index (χ2n) is 5.09. The third kappa shape index (κ3) is 3.95. The average molecular weight is 400 g/mol. The molecule has 0 radical (unpaired) electrons. The number of halogens is 2. The first-order valence-corrected chi connectivity index (χ1v) is 8.03. The van der Waals surface area contributed by atoms with Gasteiger partial charge in [0.15, 0.2) is 0 Å². The van der Waals surface area contributed by atoms with Crippen LogP contribution in [0.25, 0.3) is 0 Å². The lowest BCUT2D eigenvalue weighted by atomic mass is 10.2. The van der Waals surface area contributed by atoms with Crippen LogP contribution >= 0.6 is 27.5 Å². The Labute approximate surface area is 147 Å². The van der Waals surface area contributed by atoms with E-state index in [9.17, 15) is 9.59 Å². The predicted molar refractivity (Wildman–Crippen MR) is 94.5 cm³/mol. The maximum absolute atomic E-state index is 12.4. The van der Waals surface area contributed by atoms with Crippen LogP contribution in [0, 0.1) is 6.92 Å². The smallest absolute Gasteiger partial charge is 0.265 e. The van der Waals surface area contributed by atoms with Gasteiger partial charge in [-0.3, -0.25) is 9.59 Å². The molecule has 5 nitrogen and oxygen atoms in total. The van der Waals surface area contributed by atoms with E-state index in [1.54, 1.807) is 37.4 Å². The summed E-state index contributed by atoms with van der Waals surface area (Å²) in [6.45, 7) is 3.52. The number of ether oxygens (including phenoxy) is 1. The molecular weight excluding hydrogens is 384 g/mol. The number of anilines is 1. The van der Waals surface area contributed by atoms with Gasteiger partial charge in [-0.1, -0.05) is 11.6 Å². The third-order valence-corrected chi connectivity index (χ3v) is 4.22. The quantitative estimate of drug-likeness (QED) is 0.851. The molecule has 23 heavy (non-hydrogen) atoms. The van der Waals surface area contributed by atoms with Gasteiger partial charge in [0, 0.05) is 11.9 Å². The molecule has 0 aliphatic rings. The first-order valence-electron chi connectivity index (χ1n) is 6.86. The van der Waals surface area contributed by atoms with Crippen molar-refractivity contribution in [3.63, 3.8) is 0 Å². The second-order valence-corrected chi connectivity index (χ2v) is 6.35. The van der Waals surface area contributed by atoms with E-state index in [0.717, 1.165) is 5.56 Å². The van der Waals surface area contributed by atoms with Gasteiger partial charge >= 0.3 is 0 Å². The standard InChI is InChI=1S/C16H16BrClN2O3/c1-9-6-12(17)16(22)20(8-9)10(2)15(21)19-11-4-5-14(23-3)13(18)7-11/h4-8,10H,1-3H3,(H,19,21). The highest BCUT2D eigenvalue weighted by molar-refractivity contribution is 9.10. The molecule has 0 fully saturated rings. The maximum Gasteiger partial charge on any atom is 0.265 e. The van der Waals surface area contributed by atoms with Crippen LogP contribution in [-0.4, -0.2) is 17.6 Å². The van der Waals surface area contributed by atoms with E-state index in [2.05, 4.69) is 21.2 Å². The van der Waals surface area contributed by atoms with E-state index >= 15 is 0 Å². The summed E-state index contributed by atoms with van der Waals surface area (Å²) in [5.41, 5.74) is 1.15. The van der Waals surface area contributed by atoms with Crippen molar-refractivity contribution in [1.29, 1.82) is 0 Å². The van der Waals surface area contributed by atoms with Gasteiger partial charge in [0.05, 0.1) is 16.6 Å². The van der Waals surface area contributed by atoms with Crippen LogP contribution in [-0.2, 0) is 4.79 Å². The Morgan fingerprint density at radius 3 is 2.70 bits per heavy atom. The fourth-order valence-electron chi connectivity index (χ4n) is 2.11. The summed E-state index contributed by atoms with van der Waals surface area (Å²) in [5, 5.41) is 3.14. The van der Waals surface area contributed by atoms with E-state index in [4.69, 9.17) is 16.3 Å². The zero-order chi connectivity index (χ0) is 17.1. The molecule has 0 spiro atoms. The van der Waals surface area contributed by atoms with Gasteiger partial charge in [-0.25, -0.2) is 0 Å². The second kappa shape index (κ2) is 7.19. The minimum atomic E-state index is -0.667. The van der Waals surface area contributed by atoms with Crippen molar-refractivity contribution < 1.29 is 9.53 Å². The van der Waals surface area contributed by atoms with Crippen LogP contribution in [0.3, 0.4) is 0 Å². The lowest BCUT2D eigenvalue weighted by molar-refractivity contribution is -0.118. The molecule has 1 atom stereocenters. The molecule has 122 valence electrons. The molecular formula is C16H16BrClN2O3. The van der Waals surface area contributed by atoms with E-state index in [0.29, 0.717) is 20.9 Å². The first-order chi connectivity index (χ1) is 10.8. The number of rotatable bonds is 4. The minimum Gasteiger partial charge on any atom is -0.495 e. The number of aryl methyl sites for hydroxylation is 1. The molecule has 2 rings (SSSR count). The number of nitrogens with one attached hydrogen (secondary N) is 1. The van der Waals surface area contributed by atoms with Crippen LogP contribution in [0.5, 0.6) is 5.75 Å². The Hall–Kier alpha value is -1.79. The molecule has 0 saturated heterocycles. The molecule has 0 bridgehead atoms. The number of amides is 1. The lowest BCUT2D eigenvalue weighted by Crippen LogP contribution is -2.31. The van der Waals surface area contributed by atoms with Gasteiger partial charge in [0.1, 0.15) is 11.8 Å². The maximum atomic E-state index is 12.4. The number of methoxy groups -OCH3 is 1. The molecule has 1 aromatic carbocycles. The van der Waals surface area contributed by atoms with Gasteiger partial charge in [0.25, 0.3) is 5.56 Å². The van der Waals surface area contributed by atoms with Gasteiger partial charge in [-0.15, -0.1) is 0 Å². The number of nitrogens with zero attached hydrogens (tertiary/aromatic N) is 1. The number of aromatic nitrogens is 1. The molecule has 1 unspecified atom stereocenters. The topological polar surface area (TPSA) is 60.3 Å². The van der Waals surface area contributed by atoms with Crippen LogP contribution < -0.4 is 15.6 Å². The lowest BCUT2D eigenvalue weighted by Gasteiger charge is -2.16. The van der Waals surface area contributed by atoms with Crippen LogP contribution in [0.4, 0.5) is 5.69 Å². The number of hydrogen-bond donors (Lipinski definition) is 1. The molecule has 0 saturated carbocycles. The van der Waals surface area contributed by atoms with Gasteiger partial charge in [-0.05, 0) is 59.6 Å².